The molecule has 0 aliphatic heterocycles. The fraction of sp³-hybridized carbons (Fsp3) is 0.143. The van der Waals surface area contributed by atoms with E-state index in [4.69, 9.17) is 11.6 Å². The fourth-order valence-electron chi connectivity index (χ4n) is 2.83. The molecular weight excluding hydrogens is 352 g/mol. The molecule has 0 N–H and O–H groups in total. The van der Waals surface area contributed by atoms with Crippen molar-refractivity contribution in [3.8, 4) is 0 Å². The molecule has 0 bridgehead atoms. The van der Waals surface area contributed by atoms with E-state index in [2.05, 4.69) is 0 Å². The largest absolute Gasteiger partial charge is 0.223 e. The molecule has 4 heteroatoms. The Morgan fingerprint density at radius 1 is 0.720 bits per heavy atom. The maximum absolute atomic E-state index is 13.4. The quantitative estimate of drug-likeness (QED) is 0.556. The summed E-state index contributed by atoms with van der Waals surface area (Å²) in [6, 6.07) is 25.4. The molecule has 0 saturated heterocycles. The molecule has 128 valence electrons. The third-order valence-electron chi connectivity index (χ3n) is 4.20. The van der Waals surface area contributed by atoms with E-state index in [1.807, 2.05) is 67.6 Å². The first-order chi connectivity index (χ1) is 12.0. The van der Waals surface area contributed by atoms with E-state index in [0.717, 1.165) is 11.1 Å². The van der Waals surface area contributed by atoms with Crippen molar-refractivity contribution in [2.75, 3.05) is 0 Å². The summed E-state index contributed by atoms with van der Waals surface area (Å²) in [7, 11) is -3.65. The van der Waals surface area contributed by atoms with Crippen molar-refractivity contribution in [2.45, 2.75) is 22.4 Å². The van der Waals surface area contributed by atoms with Crippen LogP contribution in [-0.4, -0.2) is 8.42 Å². The summed E-state index contributed by atoms with van der Waals surface area (Å²) >= 11 is 6.69. The predicted octanol–water partition coefficient (Wildman–Crippen LogP) is 5.49. The maximum Gasteiger partial charge on any atom is 0.187 e. The van der Waals surface area contributed by atoms with Crippen molar-refractivity contribution < 1.29 is 8.42 Å². The predicted molar refractivity (Wildman–Crippen MR) is 103 cm³/mol. The van der Waals surface area contributed by atoms with Gasteiger partial charge in [-0.3, -0.25) is 0 Å². The second-order valence-electron chi connectivity index (χ2n) is 6.00. The van der Waals surface area contributed by atoms with Gasteiger partial charge in [0.1, 0.15) is 5.25 Å². The molecule has 0 unspecified atom stereocenters. The minimum atomic E-state index is -3.65. The zero-order valence-corrected chi connectivity index (χ0v) is 15.4. The van der Waals surface area contributed by atoms with E-state index in [1.54, 1.807) is 24.3 Å². The number of halogens is 1. The van der Waals surface area contributed by atoms with Crippen molar-refractivity contribution in [2.24, 2.45) is 0 Å². The molecular formula is C21H19ClO2S. The normalized spacial score (nSPS) is 14.0. The summed E-state index contributed by atoms with van der Waals surface area (Å²) in [4.78, 5) is 0.286. The highest BCUT2D eigenvalue weighted by Gasteiger charge is 2.36. The Bertz CT molecular complexity index is 921. The topological polar surface area (TPSA) is 34.1 Å². The zero-order chi connectivity index (χ0) is 17.9. The Morgan fingerprint density at radius 2 is 1.20 bits per heavy atom. The van der Waals surface area contributed by atoms with Gasteiger partial charge >= 0.3 is 0 Å². The van der Waals surface area contributed by atoms with Crippen LogP contribution >= 0.6 is 11.6 Å². The van der Waals surface area contributed by atoms with Gasteiger partial charge in [-0.25, -0.2) is 8.42 Å². The number of aryl methyl sites for hydroxylation is 1. The Hall–Kier alpha value is -2.10. The average molecular weight is 371 g/mol. The molecule has 3 aromatic rings. The van der Waals surface area contributed by atoms with Crippen molar-refractivity contribution in [3.63, 3.8) is 0 Å². The van der Waals surface area contributed by atoms with Crippen LogP contribution in [0.4, 0.5) is 0 Å². The van der Waals surface area contributed by atoms with Crippen LogP contribution in [0, 0.1) is 6.92 Å². The minimum absolute atomic E-state index is 0.286. The molecule has 3 rings (SSSR count). The third-order valence-corrected chi connectivity index (χ3v) is 6.99. The molecule has 3 aromatic carbocycles. The molecule has 0 spiro atoms. The SMILES string of the molecule is Cc1ccc(S(=O)(=O)[C@@H](c2ccccc2)[C@@H](Cl)c2ccccc2)cc1. The van der Waals surface area contributed by atoms with E-state index in [9.17, 15) is 8.42 Å². The number of sulfone groups is 1. The number of rotatable bonds is 5. The number of alkyl halides is 1. The van der Waals surface area contributed by atoms with Gasteiger partial charge in [0.15, 0.2) is 9.84 Å². The van der Waals surface area contributed by atoms with Crippen LogP contribution in [0.25, 0.3) is 0 Å². The Balaban J connectivity index is 2.13. The monoisotopic (exact) mass is 370 g/mol. The van der Waals surface area contributed by atoms with Gasteiger partial charge in [0.25, 0.3) is 0 Å². The lowest BCUT2D eigenvalue weighted by atomic mass is 10.0. The third kappa shape index (κ3) is 3.78. The molecule has 0 aliphatic carbocycles. The summed E-state index contributed by atoms with van der Waals surface area (Å²) in [5.41, 5.74) is 2.49. The smallest absolute Gasteiger partial charge is 0.187 e. The molecule has 25 heavy (non-hydrogen) atoms. The van der Waals surface area contributed by atoms with E-state index in [-0.39, 0.29) is 4.90 Å². The summed E-state index contributed by atoms with van der Waals surface area (Å²) in [5.74, 6) is 0. The van der Waals surface area contributed by atoms with E-state index >= 15 is 0 Å². The lowest BCUT2D eigenvalue weighted by Crippen LogP contribution is -2.18. The highest BCUT2D eigenvalue weighted by atomic mass is 35.5. The van der Waals surface area contributed by atoms with Gasteiger partial charge in [0, 0.05) is 0 Å². The summed E-state index contributed by atoms with van der Waals surface area (Å²) in [5, 5.41) is -1.55. The van der Waals surface area contributed by atoms with Crippen LogP contribution in [0.2, 0.25) is 0 Å². The van der Waals surface area contributed by atoms with Crippen LogP contribution in [0.5, 0.6) is 0 Å². The molecule has 0 heterocycles. The first-order valence-electron chi connectivity index (χ1n) is 8.04. The van der Waals surface area contributed by atoms with E-state index in [0.29, 0.717) is 5.56 Å². The lowest BCUT2D eigenvalue weighted by Gasteiger charge is -2.23. The summed E-state index contributed by atoms with van der Waals surface area (Å²) in [6.07, 6.45) is 0. The van der Waals surface area contributed by atoms with Gasteiger partial charge < -0.3 is 0 Å². The van der Waals surface area contributed by atoms with Gasteiger partial charge in [-0.05, 0) is 30.2 Å². The van der Waals surface area contributed by atoms with Gasteiger partial charge in [-0.2, -0.15) is 0 Å². The molecule has 0 saturated carbocycles. The molecule has 0 aliphatic rings. The van der Waals surface area contributed by atoms with Crippen LogP contribution in [-0.2, 0) is 9.84 Å². The van der Waals surface area contributed by atoms with Crippen molar-refractivity contribution in [1.82, 2.24) is 0 Å². The second kappa shape index (κ2) is 7.42. The minimum Gasteiger partial charge on any atom is -0.223 e. The number of hydrogen-bond donors (Lipinski definition) is 0. The molecule has 0 fully saturated rings. The van der Waals surface area contributed by atoms with Gasteiger partial charge in [-0.15, -0.1) is 11.6 Å². The van der Waals surface area contributed by atoms with Crippen LogP contribution in [0.15, 0.2) is 89.8 Å². The number of hydrogen-bond acceptors (Lipinski definition) is 2. The van der Waals surface area contributed by atoms with E-state index in [1.165, 1.54) is 0 Å². The van der Waals surface area contributed by atoms with Gasteiger partial charge in [0.2, 0.25) is 0 Å². The fourth-order valence-corrected chi connectivity index (χ4v) is 5.33. The van der Waals surface area contributed by atoms with Crippen LogP contribution in [0.1, 0.15) is 27.3 Å². The molecule has 2 atom stereocenters. The summed E-state index contributed by atoms with van der Waals surface area (Å²) in [6.45, 7) is 1.93. The van der Waals surface area contributed by atoms with Crippen molar-refractivity contribution in [1.29, 1.82) is 0 Å². The number of benzene rings is 3. The van der Waals surface area contributed by atoms with Crippen molar-refractivity contribution >= 4 is 21.4 Å². The second-order valence-corrected chi connectivity index (χ2v) is 8.54. The molecule has 2 nitrogen and oxygen atoms in total. The van der Waals surface area contributed by atoms with Crippen LogP contribution in [0.3, 0.4) is 0 Å². The van der Waals surface area contributed by atoms with Gasteiger partial charge in [-0.1, -0.05) is 78.4 Å². The zero-order valence-electron chi connectivity index (χ0n) is 13.8. The van der Waals surface area contributed by atoms with E-state index < -0.39 is 20.5 Å². The Labute approximate surface area is 154 Å². The standard InChI is InChI=1S/C21H19ClO2S/c1-16-12-14-19(15-13-16)25(23,24)21(18-10-6-3-7-11-18)20(22)17-8-4-2-5-9-17/h2-15,20-21H,1H3/t20-,21-/m0/s1. The Morgan fingerprint density at radius 3 is 1.72 bits per heavy atom. The molecule has 0 radical (unpaired) electrons. The average Bonchev–Trinajstić information content (AvgIpc) is 2.63. The molecule has 0 amide bonds. The lowest BCUT2D eigenvalue weighted by molar-refractivity contribution is 0.579. The maximum atomic E-state index is 13.4. The molecule has 0 aromatic heterocycles. The first kappa shape index (κ1) is 17.7. The highest BCUT2D eigenvalue weighted by Crippen LogP contribution is 2.43. The highest BCUT2D eigenvalue weighted by molar-refractivity contribution is 7.91. The van der Waals surface area contributed by atoms with Crippen LogP contribution < -0.4 is 0 Å². The first-order valence-corrected chi connectivity index (χ1v) is 10.0. The summed E-state index contributed by atoms with van der Waals surface area (Å²) < 4.78 is 26.7. The Kier molecular flexibility index (Phi) is 5.26. The van der Waals surface area contributed by atoms with Gasteiger partial charge in [0.05, 0.1) is 10.3 Å². The van der Waals surface area contributed by atoms with Crippen molar-refractivity contribution in [3.05, 3.63) is 102 Å².